The van der Waals surface area contributed by atoms with Crippen LogP contribution in [0, 0.1) is 0 Å². The Kier molecular flexibility index (Phi) is 5.11. The first kappa shape index (κ1) is 18.9. The molecule has 0 saturated heterocycles. The molecule has 1 heterocycles. The molecule has 146 valence electrons. The Morgan fingerprint density at radius 2 is 1.48 bits per heavy atom. The first-order valence-corrected chi connectivity index (χ1v) is 10.4. The molecule has 4 rings (SSSR count). The minimum atomic E-state index is -3.77. The third-order valence-electron chi connectivity index (χ3n) is 4.24. The fourth-order valence-corrected chi connectivity index (χ4v) is 3.32. The lowest BCUT2D eigenvalue weighted by molar-refractivity contribution is 0.281. The molecule has 4 aromatic rings. The zero-order valence-electron chi connectivity index (χ0n) is 15.3. The quantitative estimate of drug-likeness (QED) is 0.530. The Hall–Kier alpha value is -3.49. The Labute approximate surface area is 168 Å². The molecule has 0 fully saturated rings. The molecule has 0 bridgehead atoms. The number of nitrogens with zero attached hydrogens (tertiary/aromatic N) is 3. The molecule has 2 N–H and O–H groups in total. The molecule has 0 aliphatic heterocycles. The fourth-order valence-electron chi connectivity index (χ4n) is 2.81. The van der Waals surface area contributed by atoms with E-state index >= 15 is 0 Å². The van der Waals surface area contributed by atoms with Crippen LogP contribution in [0.1, 0.15) is 5.56 Å². The molecule has 8 heteroatoms. The normalized spacial score (nSPS) is 11.3. The highest BCUT2D eigenvalue weighted by atomic mass is 32.2. The summed E-state index contributed by atoms with van der Waals surface area (Å²) in [4.78, 5) is 4.56. The topological polar surface area (TPSA) is 100 Å². The van der Waals surface area contributed by atoms with Crippen molar-refractivity contribution in [1.29, 1.82) is 0 Å². The first-order valence-electron chi connectivity index (χ1n) is 8.83. The van der Waals surface area contributed by atoms with Crippen LogP contribution in [-0.2, 0) is 16.6 Å². The second-order valence-corrected chi connectivity index (χ2v) is 7.87. The molecule has 0 aliphatic rings. The molecule has 0 spiro atoms. The summed E-state index contributed by atoms with van der Waals surface area (Å²) in [6.07, 6.45) is 0. The van der Waals surface area contributed by atoms with Crippen molar-refractivity contribution < 1.29 is 13.2 Å². The molecular formula is C21H18N4O3S. The van der Waals surface area contributed by atoms with E-state index in [1.165, 1.54) is 12.1 Å². The predicted molar refractivity (Wildman–Crippen MR) is 109 cm³/mol. The summed E-state index contributed by atoms with van der Waals surface area (Å²) in [5.41, 5.74) is 2.49. The Bertz CT molecular complexity index is 1210. The summed E-state index contributed by atoms with van der Waals surface area (Å²) >= 11 is 0. The molecule has 0 saturated carbocycles. The number of rotatable bonds is 6. The fraction of sp³-hybridized carbons (Fsp3) is 0.0476. The number of sulfonamides is 1. The van der Waals surface area contributed by atoms with Crippen molar-refractivity contribution >= 4 is 10.0 Å². The second kappa shape index (κ2) is 7.86. The van der Waals surface area contributed by atoms with Crippen LogP contribution in [0.4, 0.5) is 0 Å². The van der Waals surface area contributed by atoms with E-state index in [9.17, 15) is 8.42 Å². The average molecular weight is 406 g/mol. The first-order chi connectivity index (χ1) is 14.0. The summed E-state index contributed by atoms with van der Waals surface area (Å²) in [5.74, 6) is 0.581. The summed E-state index contributed by atoms with van der Waals surface area (Å²) < 4.78 is 30.4. The van der Waals surface area contributed by atoms with Crippen LogP contribution in [0.2, 0.25) is 0 Å². The van der Waals surface area contributed by atoms with E-state index in [0.29, 0.717) is 18.1 Å². The highest BCUT2D eigenvalue weighted by Crippen LogP contribution is 2.24. The molecule has 7 nitrogen and oxygen atoms in total. The van der Waals surface area contributed by atoms with Crippen molar-refractivity contribution in [2.45, 2.75) is 11.5 Å². The van der Waals surface area contributed by atoms with Crippen molar-refractivity contribution in [3.8, 4) is 23.1 Å². The van der Waals surface area contributed by atoms with Crippen molar-refractivity contribution in [3.05, 3.63) is 90.5 Å². The van der Waals surface area contributed by atoms with Crippen LogP contribution < -0.4 is 9.88 Å². The highest BCUT2D eigenvalue weighted by molar-refractivity contribution is 7.89. The van der Waals surface area contributed by atoms with Crippen molar-refractivity contribution in [1.82, 2.24) is 14.8 Å². The largest absolute Gasteiger partial charge is 0.457 e. The van der Waals surface area contributed by atoms with Crippen LogP contribution >= 0.6 is 0 Å². The van der Waals surface area contributed by atoms with Gasteiger partial charge in [0.1, 0.15) is 6.61 Å². The molecule has 0 amide bonds. The molecule has 0 radical (unpaired) electrons. The van der Waals surface area contributed by atoms with Crippen LogP contribution in [0.3, 0.4) is 0 Å². The summed E-state index contributed by atoms with van der Waals surface area (Å²) in [6.45, 7) is 0.337. The van der Waals surface area contributed by atoms with Gasteiger partial charge in [-0.05, 0) is 29.8 Å². The third kappa shape index (κ3) is 4.34. The number of hydrogen-bond acceptors (Lipinski definition) is 5. The number of ether oxygens (including phenoxy) is 1. The Morgan fingerprint density at radius 3 is 2.10 bits per heavy atom. The van der Waals surface area contributed by atoms with E-state index in [2.05, 4.69) is 10.1 Å². The van der Waals surface area contributed by atoms with Gasteiger partial charge in [-0.3, -0.25) is 0 Å². The van der Waals surface area contributed by atoms with Gasteiger partial charge in [-0.1, -0.05) is 60.7 Å². The molecular weight excluding hydrogens is 388 g/mol. The lowest BCUT2D eigenvalue weighted by Crippen LogP contribution is -2.12. The van der Waals surface area contributed by atoms with Gasteiger partial charge in [0, 0.05) is 5.56 Å². The number of hydrogen-bond donors (Lipinski definition) is 1. The highest BCUT2D eigenvalue weighted by Gasteiger charge is 2.16. The standard InChI is InChI=1S/C21H18N4O3S/c22-29(26,27)19-13-11-18(12-14-19)25-20(17-9-5-2-6-10-17)23-21(24-25)28-15-16-7-3-1-4-8-16/h1-14H,15H2,(H2,22,26,27). The van der Waals surface area contributed by atoms with Gasteiger partial charge < -0.3 is 4.74 Å². The van der Waals surface area contributed by atoms with Gasteiger partial charge in [0.05, 0.1) is 10.6 Å². The Morgan fingerprint density at radius 1 is 0.862 bits per heavy atom. The van der Waals surface area contributed by atoms with Crippen molar-refractivity contribution in [3.63, 3.8) is 0 Å². The van der Waals surface area contributed by atoms with Gasteiger partial charge in [0.2, 0.25) is 10.0 Å². The van der Waals surface area contributed by atoms with Gasteiger partial charge in [-0.2, -0.15) is 4.98 Å². The van der Waals surface area contributed by atoms with Gasteiger partial charge in [0.15, 0.2) is 5.82 Å². The summed E-state index contributed by atoms with van der Waals surface area (Å²) in [6, 6.07) is 25.6. The van der Waals surface area contributed by atoms with Crippen LogP contribution in [0.25, 0.3) is 17.1 Å². The zero-order chi connectivity index (χ0) is 20.3. The van der Waals surface area contributed by atoms with E-state index in [0.717, 1.165) is 11.1 Å². The summed E-state index contributed by atoms with van der Waals surface area (Å²) in [5, 5.41) is 9.65. The maximum absolute atomic E-state index is 11.5. The monoisotopic (exact) mass is 406 g/mol. The van der Waals surface area contributed by atoms with Crippen molar-refractivity contribution in [2.24, 2.45) is 5.14 Å². The molecule has 3 aromatic carbocycles. The second-order valence-electron chi connectivity index (χ2n) is 6.31. The van der Waals surface area contributed by atoms with Gasteiger partial charge >= 0.3 is 6.01 Å². The predicted octanol–water partition coefficient (Wildman–Crippen LogP) is 3.16. The minimum Gasteiger partial charge on any atom is -0.457 e. The third-order valence-corrected chi connectivity index (χ3v) is 5.17. The minimum absolute atomic E-state index is 0.0307. The average Bonchev–Trinajstić information content (AvgIpc) is 3.17. The van der Waals surface area contributed by atoms with Crippen LogP contribution in [-0.4, -0.2) is 23.2 Å². The van der Waals surface area contributed by atoms with E-state index in [-0.39, 0.29) is 10.9 Å². The maximum Gasteiger partial charge on any atom is 0.336 e. The molecule has 0 aliphatic carbocycles. The van der Waals surface area contributed by atoms with E-state index in [1.807, 2.05) is 60.7 Å². The van der Waals surface area contributed by atoms with Gasteiger partial charge in [0.25, 0.3) is 0 Å². The molecule has 0 atom stereocenters. The smallest absolute Gasteiger partial charge is 0.336 e. The van der Waals surface area contributed by atoms with E-state index in [1.54, 1.807) is 16.8 Å². The lowest BCUT2D eigenvalue weighted by atomic mass is 10.2. The lowest BCUT2D eigenvalue weighted by Gasteiger charge is -2.06. The Balaban J connectivity index is 1.70. The van der Waals surface area contributed by atoms with Crippen LogP contribution in [0.15, 0.2) is 89.8 Å². The van der Waals surface area contributed by atoms with E-state index in [4.69, 9.17) is 9.88 Å². The number of aromatic nitrogens is 3. The van der Waals surface area contributed by atoms with Gasteiger partial charge in [-0.25, -0.2) is 18.2 Å². The molecule has 0 unspecified atom stereocenters. The van der Waals surface area contributed by atoms with Crippen LogP contribution in [0.5, 0.6) is 6.01 Å². The summed E-state index contributed by atoms with van der Waals surface area (Å²) in [7, 11) is -3.77. The number of primary sulfonamides is 1. The maximum atomic E-state index is 11.5. The number of nitrogens with two attached hydrogens (primary N) is 1. The van der Waals surface area contributed by atoms with Gasteiger partial charge in [-0.15, -0.1) is 5.10 Å². The molecule has 1 aromatic heterocycles. The number of benzene rings is 3. The molecule has 29 heavy (non-hydrogen) atoms. The SMILES string of the molecule is NS(=O)(=O)c1ccc(-n2nc(OCc3ccccc3)nc2-c2ccccc2)cc1. The van der Waals surface area contributed by atoms with Crippen molar-refractivity contribution in [2.75, 3.05) is 0 Å². The van der Waals surface area contributed by atoms with E-state index < -0.39 is 10.0 Å². The zero-order valence-corrected chi connectivity index (χ0v) is 16.2.